The van der Waals surface area contributed by atoms with E-state index >= 15 is 0 Å². The van der Waals surface area contributed by atoms with Crippen LogP contribution in [0.25, 0.3) is 33.4 Å². The van der Waals surface area contributed by atoms with E-state index in [-0.39, 0.29) is 24.2 Å². The predicted octanol–water partition coefficient (Wildman–Crippen LogP) is 9.87. The molecule has 42 heavy (non-hydrogen) atoms. The van der Waals surface area contributed by atoms with Crippen molar-refractivity contribution >= 4 is 11.6 Å². The van der Waals surface area contributed by atoms with Crippen LogP contribution in [0.15, 0.2) is 84.9 Å². The first-order chi connectivity index (χ1) is 19.7. The van der Waals surface area contributed by atoms with Gasteiger partial charge in [-0.3, -0.25) is 4.79 Å². The Morgan fingerprint density at radius 2 is 0.929 bits per heavy atom. The molecule has 0 aromatic heterocycles. The molecule has 1 saturated heterocycles. The summed E-state index contributed by atoms with van der Waals surface area (Å²) in [7, 11) is 0. The molecule has 218 valence electrons. The molecule has 0 unspecified atom stereocenters. The van der Waals surface area contributed by atoms with E-state index in [0.29, 0.717) is 12.5 Å². The minimum atomic E-state index is -5.02. The van der Waals surface area contributed by atoms with Crippen molar-refractivity contribution in [2.45, 2.75) is 31.4 Å². The van der Waals surface area contributed by atoms with Gasteiger partial charge in [-0.05, 0) is 52.9 Å². The van der Waals surface area contributed by atoms with Gasteiger partial charge in [-0.15, -0.1) is 0 Å². The summed E-state index contributed by atoms with van der Waals surface area (Å²) in [5.74, 6) is -0.473. The number of alkyl halides is 9. The van der Waals surface area contributed by atoms with Gasteiger partial charge < -0.3 is 4.90 Å². The first kappa shape index (κ1) is 29.2. The second-order valence-corrected chi connectivity index (χ2v) is 9.66. The minimum Gasteiger partial charge on any atom is -0.312 e. The van der Waals surface area contributed by atoms with Gasteiger partial charge in [0.1, 0.15) is 0 Å². The van der Waals surface area contributed by atoms with E-state index in [0.717, 1.165) is 54.6 Å². The van der Waals surface area contributed by atoms with Crippen molar-refractivity contribution in [1.29, 1.82) is 0 Å². The molecule has 1 heterocycles. The third kappa shape index (κ3) is 5.35. The van der Waals surface area contributed by atoms with Crippen LogP contribution in [0.5, 0.6) is 0 Å². The van der Waals surface area contributed by atoms with Gasteiger partial charge in [0, 0.05) is 24.1 Å². The van der Waals surface area contributed by atoms with Gasteiger partial charge in [-0.1, -0.05) is 60.7 Å². The van der Waals surface area contributed by atoms with Crippen molar-refractivity contribution < 1.29 is 44.3 Å². The Morgan fingerprint density at radius 1 is 0.500 bits per heavy atom. The molecule has 11 heteroatoms. The van der Waals surface area contributed by atoms with E-state index in [1.54, 1.807) is 0 Å². The molecule has 0 N–H and O–H groups in total. The van der Waals surface area contributed by atoms with Crippen molar-refractivity contribution in [2.24, 2.45) is 0 Å². The number of halogens is 9. The molecule has 0 atom stereocenters. The Hall–Kier alpha value is -4.28. The highest BCUT2D eigenvalue weighted by Gasteiger charge is 2.40. The van der Waals surface area contributed by atoms with Crippen molar-refractivity contribution in [3.63, 3.8) is 0 Å². The summed E-state index contributed by atoms with van der Waals surface area (Å²) in [5.41, 5.74) is -6.82. The fourth-order valence-electron chi connectivity index (χ4n) is 5.36. The zero-order valence-corrected chi connectivity index (χ0v) is 21.5. The molecule has 5 rings (SSSR count). The average molecular weight is 593 g/mol. The largest absolute Gasteiger partial charge is 0.417 e. The van der Waals surface area contributed by atoms with Crippen LogP contribution in [0.1, 0.15) is 29.5 Å². The number of carbonyl (C=O) groups is 1. The topological polar surface area (TPSA) is 20.3 Å². The lowest BCUT2D eigenvalue weighted by molar-refractivity contribution is -0.138. The second-order valence-electron chi connectivity index (χ2n) is 9.66. The van der Waals surface area contributed by atoms with Crippen LogP contribution in [0.3, 0.4) is 0 Å². The lowest BCUT2D eigenvalue weighted by Gasteiger charge is -2.28. The molecular weight excluding hydrogens is 573 g/mol. The van der Waals surface area contributed by atoms with Crippen LogP contribution >= 0.6 is 0 Å². The monoisotopic (exact) mass is 593 g/mol. The Balaban J connectivity index is 2.03. The Bertz CT molecular complexity index is 1650. The molecule has 4 aromatic rings. The summed E-state index contributed by atoms with van der Waals surface area (Å²) in [6, 6.07) is 14.6. The average Bonchev–Trinajstić information content (AvgIpc) is 3.36. The number of benzene rings is 4. The van der Waals surface area contributed by atoms with E-state index in [4.69, 9.17) is 0 Å². The van der Waals surface area contributed by atoms with Gasteiger partial charge in [-0.2, -0.15) is 39.5 Å². The molecule has 2 nitrogen and oxygen atoms in total. The van der Waals surface area contributed by atoms with E-state index in [1.807, 2.05) is 0 Å². The van der Waals surface area contributed by atoms with Crippen molar-refractivity contribution in [3.05, 3.63) is 102 Å². The highest BCUT2D eigenvalue weighted by Crippen LogP contribution is 2.52. The molecule has 0 bridgehead atoms. The summed E-state index contributed by atoms with van der Waals surface area (Å²) in [6.45, 7) is 0.0683. The molecular formula is C31H20F9NO. The number of hydrogen-bond donors (Lipinski definition) is 0. The minimum absolute atomic E-state index is 0.0491. The summed E-state index contributed by atoms with van der Waals surface area (Å²) in [6.07, 6.45) is -14.5. The zero-order chi connectivity index (χ0) is 30.4. The van der Waals surface area contributed by atoms with E-state index in [2.05, 4.69) is 0 Å². The molecule has 1 amide bonds. The number of anilines is 1. The highest BCUT2D eigenvalue weighted by atomic mass is 19.4. The molecule has 1 aliphatic heterocycles. The van der Waals surface area contributed by atoms with Gasteiger partial charge in [0.2, 0.25) is 5.91 Å². The molecule has 0 spiro atoms. The molecule has 0 saturated carbocycles. The maximum Gasteiger partial charge on any atom is 0.417 e. The third-order valence-corrected chi connectivity index (χ3v) is 7.07. The molecule has 0 radical (unpaired) electrons. The van der Waals surface area contributed by atoms with E-state index in [9.17, 15) is 44.3 Å². The fraction of sp³-hybridized carbons (Fsp3) is 0.194. The fourth-order valence-corrected chi connectivity index (χ4v) is 5.36. The van der Waals surface area contributed by atoms with Gasteiger partial charge in [0.25, 0.3) is 0 Å². The first-order valence-electron chi connectivity index (χ1n) is 12.7. The predicted molar refractivity (Wildman–Crippen MR) is 139 cm³/mol. The van der Waals surface area contributed by atoms with Crippen LogP contribution in [-0.4, -0.2) is 12.5 Å². The summed E-state index contributed by atoms with van der Waals surface area (Å²) >= 11 is 0. The van der Waals surface area contributed by atoms with Crippen LogP contribution in [0, 0.1) is 0 Å². The molecule has 1 fully saturated rings. The standard InChI is InChI=1S/C31H20F9NO/c32-29(33,34)22-11-4-1-8-18(22)19-15-16-25(41-17-7-14-26(41)42)28(21-10-3-6-13-24(21)31(38,39)40)27(19)20-9-2-5-12-23(20)30(35,36)37/h1-6,8-13,15-16H,7,14,17H2. The Labute approximate surface area is 234 Å². The van der Waals surface area contributed by atoms with Crippen LogP contribution in [-0.2, 0) is 23.3 Å². The number of hydrogen-bond acceptors (Lipinski definition) is 1. The number of rotatable bonds is 4. The van der Waals surface area contributed by atoms with Crippen molar-refractivity contribution in [3.8, 4) is 33.4 Å². The molecule has 1 aliphatic rings. The maximum atomic E-state index is 14.4. The van der Waals surface area contributed by atoms with E-state index in [1.165, 1.54) is 29.2 Å². The van der Waals surface area contributed by atoms with E-state index < -0.39 is 68.9 Å². The lowest BCUT2D eigenvalue weighted by atomic mass is 9.82. The molecule has 0 aliphatic carbocycles. The summed E-state index contributed by atoms with van der Waals surface area (Å²) in [4.78, 5) is 14.0. The third-order valence-electron chi connectivity index (χ3n) is 7.07. The van der Waals surface area contributed by atoms with Gasteiger partial charge in [0.05, 0.1) is 22.4 Å². The lowest BCUT2D eigenvalue weighted by Crippen LogP contribution is -2.25. The maximum absolute atomic E-state index is 14.4. The van der Waals surface area contributed by atoms with Gasteiger partial charge in [0.15, 0.2) is 0 Å². The number of nitrogens with zero attached hydrogens (tertiary/aromatic N) is 1. The highest BCUT2D eigenvalue weighted by molar-refractivity contribution is 6.07. The normalized spacial score (nSPS) is 14.5. The smallest absolute Gasteiger partial charge is 0.312 e. The first-order valence-corrected chi connectivity index (χ1v) is 12.7. The van der Waals surface area contributed by atoms with Crippen molar-refractivity contribution in [2.75, 3.05) is 11.4 Å². The Morgan fingerprint density at radius 3 is 1.38 bits per heavy atom. The van der Waals surface area contributed by atoms with Crippen LogP contribution in [0.4, 0.5) is 45.2 Å². The summed E-state index contributed by atoms with van der Waals surface area (Å²) in [5, 5.41) is 0. The van der Waals surface area contributed by atoms with Gasteiger partial charge in [-0.25, -0.2) is 0 Å². The molecule has 4 aromatic carbocycles. The quantitative estimate of drug-likeness (QED) is 0.216. The van der Waals surface area contributed by atoms with Crippen molar-refractivity contribution in [1.82, 2.24) is 0 Å². The summed E-state index contributed by atoms with van der Waals surface area (Å²) < 4.78 is 129. The SMILES string of the molecule is O=C1CCCN1c1ccc(-c2ccccc2C(F)(F)F)c(-c2ccccc2C(F)(F)F)c1-c1ccccc1C(F)(F)F. The van der Waals surface area contributed by atoms with Crippen LogP contribution < -0.4 is 4.90 Å². The zero-order valence-electron chi connectivity index (χ0n) is 21.5. The number of carbonyl (C=O) groups excluding carboxylic acids is 1. The second kappa shape index (κ2) is 10.5. The Kier molecular flexibility index (Phi) is 7.32. The van der Waals surface area contributed by atoms with Gasteiger partial charge >= 0.3 is 18.5 Å². The number of amides is 1. The van der Waals surface area contributed by atoms with Crippen LogP contribution in [0.2, 0.25) is 0 Å².